The Morgan fingerprint density at radius 3 is 2.58 bits per heavy atom. The van der Waals surface area contributed by atoms with Gasteiger partial charge in [0.15, 0.2) is 11.5 Å². The van der Waals surface area contributed by atoms with Crippen LogP contribution in [-0.4, -0.2) is 31.6 Å². The Morgan fingerprint density at radius 2 is 1.87 bits per heavy atom. The first-order valence-electron chi connectivity index (χ1n) is 9.74. The number of hydrogen-bond donors (Lipinski definition) is 4. The van der Waals surface area contributed by atoms with Crippen LogP contribution in [0.25, 0.3) is 22.6 Å². The minimum absolute atomic E-state index is 0.00839. The van der Waals surface area contributed by atoms with E-state index in [4.69, 9.17) is 0 Å². The standard InChI is InChI=1S/C22H22F2N6O/c1-22(2,3)25-10-12-7-8-15-16(9-12)28-20(27-15)19-17(11-26-30-19)29-21(31)18-13(23)5-4-6-14(18)24/h4-9,11,25H,10H2,1-3H3,(H,26,30)(H,27,28)(H,29,31). The summed E-state index contributed by atoms with van der Waals surface area (Å²) in [4.78, 5) is 20.2. The molecule has 2 heterocycles. The number of nitrogens with zero attached hydrogens (tertiary/aromatic N) is 2. The fraction of sp³-hybridized carbons (Fsp3) is 0.227. The van der Waals surface area contributed by atoms with Crippen molar-refractivity contribution in [3.63, 3.8) is 0 Å². The van der Waals surface area contributed by atoms with Gasteiger partial charge in [0.1, 0.15) is 17.2 Å². The van der Waals surface area contributed by atoms with Crippen LogP contribution in [0, 0.1) is 11.6 Å². The molecular weight excluding hydrogens is 402 g/mol. The van der Waals surface area contributed by atoms with Gasteiger partial charge < -0.3 is 15.6 Å². The summed E-state index contributed by atoms with van der Waals surface area (Å²) in [5.41, 5.74) is 2.53. The molecule has 31 heavy (non-hydrogen) atoms. The van der Waals surface area contributed by atoms with Gasteiger partial charge in [0.05, 0.1) is 16.7 Å². The number of anilines is 1. The maximum Gasteiger partial charge on any atom is 0.261 e. The number of amides is 1. The zero-order valence-corrected chi connectivity index (χ0v) is 17.3. The van der Waals surface area contributed by atoms with Crippen molar-refractivity contribution in [2.24, 2.45) is 0 Å². The van der Waals surface area contributed by atoms with Crippen molar-refractivity contribution in [1.29, 1.82) is 0 Å². The van der Waals surface area contributed by atoms with Gasteiger partial charge in [0.25, 0.3) is 5.91 Å². The summed E-state index contributed by atoms with van der Waals surface area (Å²) in [7, 11) is 0. The fourth-order valence-corrected chi connectivity index (χ4v) is 3.11. The summed E-state index contributed by atoms with van der Waals surface area (Å²) in [6, 6.07) is 9.14. The Hall–Kier alpha value is -3.59. The number of carbonyl (C=O) groups excluding carboxylic acids is 1. The van der Waals surface area contributed by atoms with E-state index in [0.717, 1.165) is 28.7 Å². The molecule has 2 aromatic carbocycles. The maximum atomic E-state index is 13.9. The molecule has 160 valence electrons. The van der Waals surface area contributed by atoms with Gasteiger partial charge in [-0.3, -0.25) is 9.89 Å². The molecule has 4 rings (SSSR count). The highest BCUT2D eigenvalue weighted by Gasteiger charge is 2.21. The van der Waals surface area contributed by atoms with E-state index in [9.17, 15) is 13.6 Å². The third-order valence-corrected chi connectivity index (χ3v) is 4.67. The van der Waals surface area contributed by atoms with Crippen LogP contribution in [0.2, 0.25) is 0 Å². The second-order valence-electron chi connectivity index (χ2n) is 8.24. The van der Waals surface area contributed by atoms with Crippen molar-refractivity contribution in [2.75, 3.05) is 5.32 Å². The number of carbonyl (C=O) groups is 1. The highest BCUT2D eigenvalue weighted by molar-refractivity contribution is 6.06. The molecule has 0 spiro atoms. The van der Waals surface area contributed by atoms with E-state index in [2.05, 4.69) is 51.6 Å². The first kappa shape index (κ1) is 20.7. The number of aromatic amines is 2. The molecule has 9 heteroatoms. The van der Waals surface area contributed by atoms with E-state index >= 15 is 0 Å². The molecule has 0 fully saturated rings. The van der Waals surface area contributed by atoms with Crippen LogP contribution >= 0.6 is 0 Å². The van der Waals surface area contributed by atoms with E-state index in [0.29, 0.717) is 18.1 Å². The molecular formula is C22H22F2N6O. The van der Waals surface area contributed by atoms with Crippen LogP contribution in [0.5, 0.6) is 0 Å². The lowest BCUT2D eigenvalue weighted by Gasteiger charge is -2.20. The normalized spacial score (nSPS) is 11.8. The van der Waals surface area contributed by atoms with Crippen molar-refractivity contribution in [3.8, 4) is 11.5 Å². The van der Waals surface area contributed by atoms with E-state index in [1.807, 2.05) is 18.2 Å². The van der Waals surface area contributed by atoms with Gasteiger partial charge in [-0.2, -0.15) is 5.10 Å². The Labute approximate surface area is 177 Å². The van der Waals surface area contributed by atoms with Crippen LogP contribution < -0.4 is 10.6 Å². The highest BCUT2D eigenvalue weighted by Crippen LogP contribution is 2.27. The van der Waals surface area contributed by atoms with Crippen LogP contribution in [0.15, 0.2) is 42.6 Å². The number of hydrogen-bond acceptors (Lipinski definition) is 4. The van der Waals surface area contributed by atoms with Gasteiger partial charge >= 0.3 is 0 Å². The van der Waals surface area contributed by atoms with Gasteiger partial charge in [-0.1, -0.05) is 12.1 Å². The average molecular weight is 424 g/mol. The first-order chi connectivity index (χ1) is 14.7. The van der Waals surface area contributed by atoms with E-state index in [1.165, 1.54) is 12.3 Å². The lowest BCUT2D eigenvalue weighted by molar-refractivity contribution is 0.101. The molecule has 0 unspecified atom stereocenters. The van der Waals surface area contributed by atoms with Crippen molar-refractivity contribution in [2.45, 2.75) is 32.9 Å². The number of H-pyrrole nitrogens is 2. The molecule has 0 atom stereocenters. The third kappa shape index (κ3) is 4.46. The minimum Gasteiger partial charge on any atom is -0.337 e. The lowest BCUT2D eigenvalue weighted by atomic mass is 10.1. The predicted molar refractivity (Wildman–Crippen MR) is 115 cm³/mol. The maximum absolute atomic E-state index is 13.9. The summed E-state index contributed by atoms with van der Waals surface area (Å²) in [5.74, 6) is -2.38. The number of fused-ring (bicyclic) bond motifs is 1. The largest absolute Gasteiger partial charge is 0.337 e. The molecule has 0 aliphatic rings. The summed E-state index contributed by atoms with van der Waals surface area (Å²) in [6.07, 6.45) is 1.43. The zero-order valence-electron chi connectivity index (χ0n) is 17.3. The molecule has 4 aromatic rings. The number of benzene rings is 2. The number of aromatic nitrogens is 4. The lowest BCUT2D eigenvalue weighted by Crippen LogP contribution is -2.35. The van der Waals surface area contributed by atoms with Crippen molar-refractivity contribution >= 4 is 22.6 Å². The molecule has 1 amide bonds. The van der Waals surface area contributed by atoms with Gasteiger partial charge in [0.2, 0.25) is 0 Å². The average Bonchev–Trinajstić information content (AvgIpc) is 3.31. The minimum atomic E-state index is -0.942. The van der Waals surface area contributed by atoms with Gasteiger partial charge in [-0.05, 0) is 50.6 Å². The van der Waals surface area contributed by atoms with Crippen LogP contribution in [0.3, 0.4) is 0 Å². The number of rotatable bonds is 5. The monoisotopic (exact) mass is 424 g/mol. The smallest absolute Gasteiger partial charge is 0.261 e. The SMILES string of the molecule is CC(C)(C)NCc1ccc2[nH]c(-c3n[nH]cc3NC(=O)c3c(F)cccc3F)nc2c1. The second kappa shape index (κ2) is 7.92. The topological polar surface area (TPSA) is 98.5 Å². The van der Waals surface area contributed by atoms with E-state index in [-0.39, 0.29) is 11.2 Å². The number of imidazole rings is 1. The van der Waals surface area contributed by atoms with E-state index in [1.54, 1.807) is 0 Å². The summed E-state index contributed by atoms with van der Waals surface area (Å²) in [6.45, 7) is 6.98. The van der Waals surface area contributed by atoms with Crippen LogP contribution in [0.1, 0.15) is 36.7 Å². The molecule has 0 aliphatic heterocycles. The Kier molecular flexibility index (Phi) is 5.28. The molecule has 0 bridgehead atoms. The first-order valence-corrected chi connectivity index (χ1v) is 9.74. The molecule has 4 N–H and O–H groups in total. The number of halogens is 2. The van der Waals surface area contributed by atoms with Gasteiger partial charge in [-0.15, -0.1) is 0 Å². The molecule has 2 aromatic heterocycles. The second-order valence-corrected chi connectivity index (χ2v) is 8.24. The van der Waals surface area contributed by atoms with Crippen LogP contribution in [-0.2, 0) is 6.54 Å². The highest BCUT2D eigenvalue weighted by atomic mass is 19.1. The molecule has 0 saturated heterocycles. The van der Waals surface area contributed by atoms with Crippen molar-refractivity contribution < 1.29 is 13.6 Å². The van der Waals surface area contributed by atoms with Crippen molar-refractivity contribution in [1.82, 2.24) is 25.5 Å². The quantitative estimate of drug-likeness (QED) is 0.382. The van der Waals surface area contributed by atoms with Crippen LogP contribution in [0.4, 0.5) is 14.5 Å². The molecule has 7 nitrogen and oxygen atoms in total. The Balaban J connectivity index is 1.60. The summed E-state index contributed by atoms with van der Waals surface area (Å²) in [5, 5.41) is 12.7. The van der Waals surface area contributed by atoms with Crippen molar-refractivity contribution in [3.05, 3.63) is 65.4 Å². The van der Waals surface area contributed by atoms with Gasteiger partial charge in [0, 0.05) is 18.3 Å². The summed E-state index contributed by atoms with van der Waals surface area (Å²) < 4.78 is 27.8. The fourth-order valence-electron chi connectivity index (χ4n) is 3.11. The molecule has 0 aliphatic carbocycles. The molecule has 0 saturated carbocycles. The summed E-state index contributed by atoms with van der Waals surface area (Å²) >= 11 is 0. The Bertz CT molecular complexity index is 1230. The zero-order chi connectivity index (χ0) is 22.2. The third-order valence-electron chi connectivity index (χ3n) is 4.67. The molecule has 0 radical (unpaired) electrons. The van der Waals surface area contributed by atoms with Gasteiger partial charge in [-0.25, -0.2) is 13.8 Å². The Morgan fingerprint density at radius 1 is 1.13 bits per heavy atom. The predicted octanol–water partition coefficient (Wildman–Crippen LogP) is 4.37. The van der Waals surface area contributed by atoms with E-state index < -0.39 is 23.1 Å². The number of nitrogens with one attached hydrogen (secondary N) is 4.